The van der Waals surface area contributed by atoms with E-state index in [0.29, 0.717) is 5.11 Å². The van der Waals surface area contributed by atoms with Gasteiger partial charge in [-0.15, -0.1) is 0 Å². The summed E-state index contributed by atoms with van der Waals surface area (Å²) in [7, 11) is 1.75. The van der Waals surface area contributed by atoms with Gasteiger partial charge in [0.05, 0.1) is 0 Å². The van der Waals surface area contributed by atoms with Crippen molar-refractivity contribution in [2.45, 2.75) is 37.6 Å². The molecule has 1 fully saturated rings. The SMILES string of the molecule is COCCC1(NC(=S)Nc2cccc(Br)c2)CCCC1. The number of halogens is 1. The topological polar surface area (TPSA) is 33.3 Å². The highest BCUT2D eigenvalue weighted by molar-refractivity contribution is 9.10. The number of anilines is 1. The summed E-state index contributed by atoms with van der Waals surface area (Å²) in [6, 6.07) is 8.02. The smallest absolute Gasteiger partial charge is 0.171 e. The number of benzene rings is 1. The van der Waals surface area contributed by atoms with Gasteiger partial charge in [0, 0.05) is 29.4 Å². The lowest BCUT2D eigenvalue weighted by atomic mass is 9.94. The van der Waals surface area contributed by atoms with Crippen LogP contribution in [0.5, 0.6) is 0 Å². The van der Waals surface area contributed by atoms with E-state index in [9.17, 15) is 0 Å². The molecule has 2 N–H and O–H groups in total. The minimum Gasteiger partial charge on any atom is -0.385 e. The molecule has 1 saturated carbocycles. The Labute approximate surface area is 134 Å². The number of methoxy groups -OCH3 is 1. The van der Waals surface area contributed by atoms with Crippen molar-refractivity contribution in [2.24, 2.45) is 0 Å². The second-order valence-corrected chi connectivity index (χ2v) is 6.64. The van der Waals surface area contributed by atoms with Crippen molar-refractivity contribution in [1.82, 2.24) is 5.32 Å². The molecule has 0 amide bonds. The zero-order valence-corrected chi connectivity index (χ0v) is 14.1. The van der Waals surface area contributed by atoms with Crippen molar-refractivity contribution >= 4 is 38.9 Å². The number of thiocarbonyl (C=S) groups is 1. The van der Waals surface area contributed by atoms with Crippen LogP contribution in [0.25, 0.3) is 0 Å². The predicted octanol–water partition coefficient (Wildman–Crippen LogP) is 4.08. The third-order valence-corrected chi connectivity index (χ3v) is 4.50. The van der Waals surface area contributed by atoms with Crippen molar-refractivity contribution < 1.29 is 4.74 Å². The van der Waals surface area contributed by atoms with E-state index in [2.05, 4.69) is 26.6 Å². The maximum atomic E-state index is 5.46. The van der Waals surface area contributed by atoms with Crippen LogP contribution in [0.1, 0.15) is 32.1 Å². The summed E-state index contributed by atoms with van der Waals surface area (Å²) in [5.74, 6) is 0. The van der Waals surface area contributed by atoms with Crippen LogP contribution < -0.4 is 10.6 Å². The molecule has 0 unspecified atom stereocenters. The van der Waals surface area contributed by atoms with Gasteiger partial charge in [0.2, 0.25) is 0 Å². The molecule has 0 atom stereocenters. The zero-order valence-electron chi connectivity index (χ0n) is 11.7. The van der Waals surface area contributed by atoms with Crippen LogP contribution in [0.2, 0.25) is 0 Å². The lowest BCUT2D eigenvalue weighted by molar-refractivity contribution is 0.163. The summed E-state index contributed by atoms with van der Waals surface area (Å²) < 4.78 is 6.28. The van der Waals surface area contributed by atoms with Crippen molar-refractivity contribution in [3.63, 3.8) is 0 Å². The highest BCUT2D eigenvalue weighted by Crippen LogP contribution is 2.32. The Hall–Kier alpha value is -0.650. The Morgan fingerprint density at radius 2 is 2.15 bits per heavy atom. The maximum absolute atomic E-state index is 5.46. The molecule has 5 heteroatoms. The third-order valence-electron chi connectivity index (χ3n) is 3.81. The van der Waals surface area contributed by atoms with Gasteiger partial charge >= 0.3 is 0 Å². The fourth-order valence-corrected chi connectivity index (χ4v) is 3.49. The highest BCUT2D eigenvalue weighted by atomic mass is 79.9. The average molecular weight is 357 g/mol. The summed E-state index contributed by atoms with van der Waals surface area (Å²) in [5.41, 5.74) is 1.10. The van der Waals surface area contributed by atoms with E-state index in [1.807, 2.05) is 24.3 Å². The summed E-state index contributed by atoms with van der Waals surface area (Å²) in [5, 5.41) is 7.48. The zero-order chi connectivity index (χ0) is 14.4. The first-order chi connectivity index (χ1) is 9.63. The van der Waals surface area contributed by atoms with Crippen molar-refractivity contribution in [3.05, 3.63) is 28.7 Å². The molecule has 0 bridgehead atoms. The van der Waals surface area contributed by atoms with E-state index >= 15 is 0 Å². The summed E-state index contributed by atoms with van der Waals surface area (Å²) in [4.78, 5) is 0. The molecule has 0 saturated heterocycles. The quantitative estimate of drug-likeness (QED) is 0.778. The van der Waals surface area contributed by atoms with Crippen molar-refractivity contribution in [1.29, 1.82) is 0 Å². The lowest BCUT2D eigenvalue weighted by Gasteiger charge is -2.31. The van der Waals surface area contributed by atoms with Gasteiger partial charge in [-0.25, -0.2) is 0 Å². The molecule has 1 aliphatic carbocycles. The Bertz CT molecular complexity index is 461. The second kappa shape index (κ2) is 7.38. The summed E-state index contributed by atoms with van der Waals surface area (Å²) >= 11 is 8.92. The molecule has 0 aliphatic heterocycles. The predicted molar refractivity (Wildman–Crippen MR) is 91.2 cm³/mol. The molecule has 110 valence electrons. The normalized spacial score (nSPS) is 16.9. The molecule has 0 aromatic heterocycles. The fourth-order valence-electron chi connectivity index (χ4n) is 2.76. The molecule has 1 aliphatic rings. The number of hydrogen-bond acceptors (Lipinski definition) is 2. The van der Waals surface area contributed by atoms with Gasteiger partial charge in [-0.2, -0.15) is 0 Å². The van der Waals surface area contributed by atoms with E-state index in [4.69, 9.17) is 17.0 Å². The molecule has 3 nitrogen and oxygen atoms in total. The standard InChI is InChI=1S/C15H21BrN2OS/c1-19-10-9-15(7-2-3-8-15)18-14(20)17-13-6-4-5-12(16)11-13/h4-6,11H,2-3,7-10H2,1H3,(H2,17,18,20). The van der Waals surface area contributed by atoms with Crippen molar-refractivity contribution in [3.8, 4) is 0 Å². The van der Waals surface area contributed by atoms with Gasteiger partial charge in [0.15, 0.2) is 5.11 Å². The first kappa shape index (κ1) is 15.7. The van der Waals surface area contributed by atoms with Crippen LogP contribution in [0, 0.1) is 0 Å². The van der Waals surface area contributed by atoms with Crippen LogP contribution in [0.3, 0.4) is 0 Å². The lowest BCUT2D eigenvalue weighted by Crippen LogP contribution is -2.48. The molecular formula is C15H21BrN2OS. The fraction of sp³-hybridized carbons (Fsp3) is 0.533. The van der Waals surface area contributed by atoms with Crippen LogP contribution >= 0.6 is 28.1 Å². The van der Waals surface area contributed by atoms with Crippen molar-refractivity contribution in [2.75, 3.05) is 19.0 Å². The molecule has 2 rings (SSSR count). The van der Waals surface area contributed by atoms with E-state index < -0.39 is 0 Å². The highest BCUT2D eigenvalue weighted by Gasteiger charge is 2.33. The summed E-state index contributed by atoms with van der Waals surface area (Å²) in [6.45, 7) is 0.770. The van der Waals surface area contributed by atoms with Gasteiger partial charge in [-0.3, -0.25) is 0 Å². The number of ether oxygens (including phenoxy) is 1. The molecule has 0 radical (unpaired) electrons. The molecular weight excluding hydrogens is 336 g/mol. The van der Waals surface area contributed by atoms with E-state index in [0.717, 1.165) is 36.0 Å². The van der Waals surface area contributed by atoms with E-state index in [1.54, 1.807) is 7.11 Å². The second-order valence-electron chi connectivity index (χ2n) is 5.32. The largest absolute Gasteiger partial charge is 0.385 e. The Morgan fingerprint density at radius 3 is 2.80 bits per heavy atom. The first-order valence-electron chi connectivity index (χ1n) is 6.97. The van der Waals surface area contributed by atoms with Crippen LogP contribution in [-0.2, 0) is 4.74 Å². The Balaban J connectivity index is 1.94. The van der Waals surface area contributed by atoms with E-state index in [1.165, 1.54) is 12.8 Å². The summed E-state index contributed by atoms with van der Waals surface area (Å²) in [6.07, 6.45) is 5.85. The molecule has 0 spiro atoms. The monoisotopic (exact) mass is 356 g/mol. The Morgan fingerprint density at radius 1 is 1.40 bits per heavy atom. The number of rotatable bonds is 5. The molecule has 20 heavy (non-hydrogen) atoms. The molecule has 1 aromatic carbocycles. The first-order valence-corrected chi connectivity index (χ1v) is 8.17. The minimum atomic E-state index is 0.103. The van der Waals surface area contributed by atoms with Gasteiger partial charge in [-0.05, 0) is 49.7 Å². The third kappa shape index (κ3) is 4.43. The van der Waals surface area contributed by atoms with E-state index in [-0.39, 0.29) is 5.54 Å². The minimum absolute atomic E-state index is 0.103. The van der Waals surface area contributed by atoms with Gasteiger partial charge in [0.1, 0.15) is 0 Å². The molecule has 0 heterocycles. The Kier molecular flexibility index (Phi) is 5.81. The van der Waals surface area contributed by atoms with Gasteiger partial charge in [0.25, 0.3) is 0 Å². The van der Waals surface area contributed by atoms with Gasteiger partial charge < -0.3 is 15.4 Å². The molecule has 1 aromatic rings. The van der Waals surface area contributed by atoms with Gasteiger partial charge in [-0.1, -0.05) is 34.8 Å². The maximum Gasteiger partial charge on any atom is 0.171 e. The van der Waals surface area contributed by atoms with Crippen LogP contribution in [0.4, 0.5) is 5.69 Å². The number of hydrogen-bond donors (Lipinski definition) is 2. The number of nitrogens with one attached hydrogen (secondary N) is 2. The average Bonchev–Trinajstić information content (AvgIpc) is 2.85. The van der Waals surface area contributed by atoms with Crippen LogP contribution in [-0.4, -0.2) is 24.4 Å². The van der Waals surface area contributed by atoms with Crippen LogP contribution in [0.15, 0.2) is 28.7 Å².